The fourth-order valence-electron chi connectivity index (χ4n) is 3.60. The van der Waals surface area contributed by atoms with Gasteiger partial charge in [-0.2, -0.15) is 4.98 Å². The molecule has 0 amide bonds. The first-order valence-electron chi connectivity index (χ1n) is 9.08. The second kappa shape index (κ2) is 6.45. The maximum absolute atomic E-state index is 4.83. The van der Waals surface area contributed by atoms with Gasteiger partial charge in [0.15, 0.2) is 0 Å². The summed E-state index contributed by atoms with van der Waals surface area (Å²) in [5, 5.41) is 3.48. The molecule has 1 atom stereocenters. The van der Waals surface area contributed by atoms with E-state index in [1.807, 2.05) is 13.0 Å². The molecule has 3 aromatic rings. The van der Waals surface area contributed by atoms with E-state index in [4.69, 9.17) is 9.97 Å². The van der Waals surface area contributed by atoms with Crippen LogP contribution in [0.5, 0.6) is 0 Å². The monoisotopic (exact) mass is 344 g/mol. The molecule has 1 aliphatic rings. The Bertz CT molecular complexity index is 964. The van der Waals surface area contributed by atoms with Crippen LogP contribution in [0.1, 0.15) is 29.3 Å². The smallest absolute Gasteiger partial charge is 0.232 e. The number of rotatable bonds is 3. The van der Waals surface area contributed by atoms with Crippen LogP contribution in [0, 0.1) is 20.8 Å². The zero-order chi connectivity index (χ0) is 18.3. The lowest BCUT2D eigenvalue weighted by Crippen LogP contribution is -2.26. The Kier molecular flexibility index (Phi) is 4.11. The fourth-order valence-corrected chi connectivity index (χ4v) is 3.60. The summed E-state index contributed by atoms with van der Waals surface area (Å²) in [4.78, 5) is 11.8. The van der Waals surface area contributed by atoms with Crippen molar-refractivity contribution >= 4 is 23.1 Å². The highest BCUT2D eigenvalue weighted by Crippen LogP contribution is 2.37. The predicted molar refractivity (Wildman–Crippen MR) is 108 cm³/mol. The van der Waals surface area contributed by atoms with E-state index in [1.54, 1.807) is 0 Å². The Balaban J connectivity index is 1.72. The SMILES string of the molecule is Cc1ccc(C)c(Nc2cc(C)nc(N3c4ccccc4CC3C)n2)c1. The van der Waals surface area contributed by atoms with E-state index in [2.05, 4.69) is 73.5 Å². The highest BCUT2D eigenvalue weighted by Gasteiger charge is 2.29. The topological polar surface area (TPSA) is 41.1 Å². The Morgan fingerprint density at radius 3 is 2.65 bits per heavy atom. The van der Waals surface area contributed by atoms with Crippen molar-refractivity contribution in [3.63, 3.8) is 0 Å². The van der Waals surface area contributed by atoms with Crippen molar-refractivity contribution in [1.29, 1.82) is 0 Å². The molecule has 26 heavy (non-hydrogen) atoms. The third-order valence-electron chi connectivity index (χ3n) is 4.92. The molecule has 1 aliphatic heterocycles. The van der Waals surface area contributed by atoms with Gasteiger partial charge in [0.25, 0.3) is 0 Å². The van der Waals surface area contributed by atoms with Gasteiger partial charge in [0.05, 0.1) is 0 Å². The van der Waals surface area contributed by atoms with Crippen LogP contribution in [-0.4, -0.2) is 16.0 Å². The number of anilines is 4. The highest BCUT2D eigenvalue weighted by molar-refractivity contribution is 5.69. The van der Waals surface area contributed by atoms with E-state index in [9.17, 15) is 0 Å². The summed E-state index contributed by atoms with van der Waals surface area (Å²) < 4.78 is 0. The molecule has 132 valence electrons. The molecular formula is C22H24N4. The number of fused-ring (bicyclic) bond motifs is 1. The minimum atomic E-state index is 0.350. The number of nitrogens with one attached hydrogen (secondary N) is 1. The van der Waals surface area contributed by atoms with Gasteiger partial charge in [-0.25, -0.2) is 4.98 Å². The zero-order valence-corrected chi connectivity index (χ0v) is 15.7. The molecule has 0 saturated carbocycles. The molecule has 0 fully saturated rings. The molecule has 4 rings (SSSR count). The van der Waals surface area contributed by atoms with E-state index in [-0.39, 0.29) is 0 Å². The summed E-state index contributed by atoms with van der Waals surface area (Å²) in [6.07, 6.45) is 1.02. The van der Waals surface area contributed by atoms with Crippen molar-refractivity contribution in [1.82, 2.24) is 9.97 Å². The van der Waals surface area contributed by atoms with Crippen molar-refractivity contribution in [2.45, 2.75) is 40.2 Å². The van der Waals surface area contributed by atoms with Crippen molar-refractivity contribution in [2.24, 2.45) is 0 Å². The summed E-state index contributed by atoms with van der Waals surface area (Å²) in [5.74, 6) is 1.59. The van der Waals surface area contributed by atoms with Crippen LogP contribution in [0.3, 0.4) is 0 Å². The standard InChI is InChI=1S/C22H24N4/c1-14-9-10-15(2)19(11-14)24-21-12-16(3)23-22(25-21)26-17(4)13-18-7-5-6-8-20(18)26/h5-12,17H,13H2,1-4H3,(H,23,24,25). The quantitative estimate of drug-likeness (QED) is 0.706. The lowest BCUT2D eigenvalue weighted by molar-refractivity contribution is 0.738. The zero-order valence-electron chi connectivity index (χ0n) is 15.7. The third-order valence-corrected chi connectivity index (χ3v) is 4.92. The Morgan fingerprint density at radius 2 is 1.81 bits per heavy atom. The molecular weight excluding hydrogens is 320 g/mol. The second-order valence-electron chi connectivity index (χ2n) is 7.19. The van der Waals surface area contributed by atoms with Gasteiger partial charge >= 0.3 is 0 Å². The van der Waals surface area contributed by atoms with Gasteiger partial charge in [-0.1, -0.05) is 30.3 Å². The molecule has 2 aromatic carbocycles. The summed E-state index contributed by atoms with van der Waals surface area (Å²) in [7, 11) is 0. The Hall–Kier alpha value is -2.88. The van der Waals surface area contributed by atoms with Crippen LogP contribution < -0.4 is 10.2 Å². The van der Waals surface area contributed by atoms with E-state index < -0.39 is 0 Å². The van der Waals surface area contributed by atoms with Gasteiger partial charge in [-0.15, -0.1) is 0 Å². The normalized spacial score (nSPS) is 15.8. The van der Waals surface area contributed by atoms with Crippen molar-refractivity contribution in [3.05, 3.63) is 70.9 Å². The predicted octanol–water partition coefficient (Wildman–Crippen LogP) is 5.23. The summed E-state index contributed by atoms with van der Waals surface area (Å²) >= 11 is 0. The highest BCUT2D eigenvalue weighted by atomic mass is 15.3. The largest absolute Gasteiger partial charge is 0.340 e. The number of aromatic nitrogens is 2. The molecule has 0 bridgehead atoms. The molecule has 0 aliphatic carbocycles. The van der Waals surface area contributed by atoms with Gasteiger partial charge < -0.3 is 10.2 Å². The van der Waals surface area contributed by atoms with Crippen LogP contribution in [-0.2, 0) is 6.42 Å². The van der Waals surface area contributed by atoms with E-state index >= 15 is 0 Å². The van der Waals surface area contributed by atoms with Crippen LogP contribution in [0.25, 0.3) is 0 Å². The Morgan fingerprint density at radius 1 is 1.00 bits per heavy atom. The van der Waals surface area contributed by atoms with Crippen LogP contribution in [0.15, 0.2) is 48.5 Å². The summed E-state index contributed by atoms with van der Waals surface area (Å²) in [6, 6.07) is 17.3. The fraction of sp³-hybridized carbons (Fsp3) is 0.273. The van der Waals surface area contributed by atoms with Crippen LogP contribution in [0.2, 0.25) is 0 Å². The lowest BCUT2D eigenvalue weighted by atomic mass is 10.1. The van der Waals surface area contributed by atoms with Gasteiger partial charge in [-0.05, 0) is 62.9 Å². The number of nitrogens with zero attached hydrogens (tertiary/aromatic N) is 3. The van der Waals surface area contributed by atoms with Crippen LogP contribution in [0.4, 0.5) is 23.1 Å². The maximum Gasteiger partial charge on any atom is 0.232 e. The molecule has 4 nitrogen and oxygen atoms in total. The van der Waals surface area contributed by atoms with Gasteiger partial charge in [0, 0.05) is 29.2 Å². The van der Waals surface area contributed by atoms with Gasteiger partial charge in [0.1, 0.15) is 5.82 Å². The molecule has 0 spiro atoms. The van der Waals surface area contributed by atoms with Gasteiger partial charge in [0.2, 0.25) is 5.95 Å². The molecule has 0 radical (unpaired) electrons. The average Bonchev–Trinajstić information content (AvgIpc) is 2.93. The number of hydrogen-bond donors (Lipinski definition) is 1. The number of hydrogen-bond acceptors (Lipinski definition) is 4. The summed E-state index contributed by atoms with van der Waals surface area (Å²) in [6.45, 7) is 8.45. The second-order valence-corrected chi connectivity index (χ2v) is 7.19. The lowest BCUT2D eigenvalue weighted by Gasteiger charge is -2.23. The minimum Gasteiger partial charge on any atom is -0.340 e. The maximum atomic E-state index is 4.83. The minimum absolute atomic E-state index is 0.350. The van der Waals surface area contributed by atoms with Crippen LogP contribution >= 0.6 is 0 Å². The van der Waals surface area contributed by atoms with E-state index in [1.165, 1.54) is 22.4 Å². The third kappa shape index (κ3) is 3.03. The van der Waals surface area contributed by atoms with Crippen molar-refractivity contribution in [3.8, 4) is 0 Å². The van der Waals surface area contributed by atoms with Crippen molar-refractivity contribution < 1.29 is 0 Å². The van der Waals surface area contributed by atoms with E-state index in [0.717, 1.165) is 29.6 Å². The number of aryl methyl sites for hydroxylation is 3. The summed E-state index contributed by atoms with van der Waals surface area (Å²) in [5.41, 5.74) is 7.04. The first-order valence-corrected chi connectivity index (χ1v) is 9.08. The molecule has 1 N–H and O–H groups in total. The molecule has 1 unspecified atom stereocenters. The number of para-hydroxylation sites is 1. The molecule has 4 heteroatoms. The van der Waals surface area contributed by atoms with Crippen molar-refractivity contribution in [2.75, 3.05) is 10.2 Å². The first kappa shape index (κ1) is 16.6. The first-order chi connectivity index (χ1) is 12.5. The van der Waals surface area contributed by atoms with E-state index in [0.29, 0.717) is 6.04 Å². The average molecular weight is 344 g/mol. The molecule has 0 saturated heterocycles. The van der Waals surface area contributed by atoms with Gasteiger partial charge in [-0.3, -0.25) is 0 Å². The molecule has 1 aromatic heterocycles. The Labute approximate surface area is 154 Å². The number of benzene rings is 2. The molecule has 2 heterocycles.